The van der Waals surface area contributed by atoms with Gasteiger partial charge in [-0.1, -0.05) is 12.1 Å². The minimum atomic E-state index is -0.0993. The third-order valence-electron chi connectivity index (χ3n) is 5.71. The first-order valence-electron chi connectivity index (χ1n) is 10.6. The molecule has 3 aromatic rings. The van der Waals surface area contributed by atoms with Crippen molar-refractivity contribution in [2.45, 2.75) is 19.8 Å². The zero-order valence-corrected chi connectivity index (χ0v) is 18.2. The van der Waals surface area contributed by atoms with Crippen LogP contribution < -0.4 is 14.8 Å². The smallest absolute Gasteiger partial charge is 0.221 e. The number of aromatic nitrogens is 2. The van der Waals surface area contributed by atoms with Crippen molar-refractivity contribution in [2.24, 2.45) is 5.92 Å². The van der Waals surface area contributed by atoms with Crippen LogP contribution in [0.4, 0.5) is 5.69 Å². The third kappa shape index (κ3) is 4.94. The number of fused-ring (bicyclic) bond motifs is 1. The van der Waals surface area contributed by atoms with Gasteiger partial charge < -0.3 is 19.7 Å². The highest BCUT2D eigenvalue weighted by molar-refractivity contribution is 5.95. The Balaban J connectivity index is 1.60. The molecule has 162 valence electrons. The van der Waals surface area contributed by atoms with Gasteiger partial charge >= 0.3 is 0 Å². The Morgan fingerprint density at radius 2 is 1.87 bits per heavy atom. The van der Waals surface area contributed by atoms with Crippen LogP contribution in [0.1, 0.15) is 19.8 Å². The van der Waals surface area contributed by atoms with Crippen molar-refractivity contribution in [2.75, 3.05) is 39.2 Å². The molecule has 1 aliphatic heterocycles. The minimum Gasteiger partial charge on any atom is -0.493 e. The summed E-state index contributed by atoms with van der Waals surface area (Å²) in [6.07, 6.45) is 3.85. The van der Waals surface area contributed by atoms with E-state index < -0.39 is 0 Å². The first-order chi connectivity index (χ1) is 15.0. The number of amides is 1. The van der Waals surface area contributed by atoms with E-state index in [4.69, 9.17) is 9.47 Å². The number of hydrogen-bond donors (Lipinski definition) is 1. The number of rotatable bonds is 6. The number of piperidine rings is 1. The number of carbonyl (C=O) groups is 1. The molecule has 0 unspecified atom stereocenters. The number of methoxy groups -OCH3 is 1. The number of likely N-dealkylation sites (tertiary alicyclic amines) is 1. The van der Waals surface area contributed by atoms with Gasteiger partial charge in [0, 0.05) is 29.6 Å². The lowest BCUT2D eigenvalue weighted by molar-refractivity contribution is -0.114. The molecule has 7 heteroatoms. The molecular weight excluding hydrogens is 392 g/mol. The predicted octanol–water partition coefficient (Wildman–Crippen LogP) is 3.98. The lowest BCUT2D eigenvalue weighted by Crippen LogP contribution is -2.32. The zero-order chi connectivity index (χ0) is 21.8. The maximum absolute atomic E-state index is 11.3. The van der Waals surface area contributed by atoms with Crippen molar-refractivity contribution >= 4 is 22.5 Å². The van der Waals surface area contributed by atoms with E-state index >= 15 is 0 Å². The molecule has 1 aliphatic rings. The van der Waals surface area contributed by atoms with E-state index in [1.807, 2.05) is 36.4 Å². The van der Waals surface area contributed by atoms with Crippen LogP contribution in [0.3, 0.4) is 0 Å². The normalized spacial score (nSPS) is 15.1. The first-order valence-corrected chi connectivity index (χ1v) is 10.6. The summed E-state index contributed by atoms with van der Waals surface area (Å²) in [5.41, 5.74) is 3.29. The second-order valence-corrected chi connectivity index (χ2v) is 8.06. The van der Waals surface area contributed by atoms with Gasteiger partial charge in [0.15, 0.2) is 11.5 Å². The number of ether oxygens (including phenoxy) is 2. The van der Waals surface area contributed by atoms with Crippen LogP contribution in [0.25, 0.3) is 22.2 Å². The SMILES string of the molecule is COc1cc2c(-c3ccc(NC(C)=O)cc3)ncnc2cc1OCC1CCN(C)CC1. The maximum Gasteiger partial charge on any atom is 0.221 e. The molecule has 0 radical (unpaired) electrons. The summed E-state index contributed by atoms with van der Waals surface area (Å²) in [6.45, 7) is 4.39. The third-order valence-corrected chi connectivity index (χ3v) is 5.71. The molecule has 1 aromatic heterocycles. The van der Waals surface area contributed by atoms with E-state index in [9.17, 15) is 4.79 Å². The molecule has 2 aromatic carbocycles. The molecule has 0 atom stereocenters. The van der Waals surface area contributed by atoms with Crippen molar-refractivity contribution in [3.63, 3.8) is 0 Å². The Morgan fingerprint density at radius 1 is 1.13 bits per heavy atom. The van der Waals surface area contributed by atoms with Crippen molar-refractivity contribution in [3.05, 3.63) is 42.7 Å². The summed E-state index contributed by atoms with van der Waals surface area (Å²) in [6, 6.07) is 11.5. The highest BCUT2D eigenvalue weighted by Gasteiger charge is 2.19. The Morgan fingerprint density at radius 3 is 2.55 bits per heavy atom. The molecule has 7 nitrogen and oxygen atoms in total. The highest BCUT2D eigenvalue weighted by Crippen LogP contribution is 2.36. The van der Waals surface area contributed by atoms with Crippen LogP contribution in [0.2, 0.25) is 0 Å². The van der Waals surface area contributed by atoms with E-state index in [0.717, 1.165) is 53.8 Å². The lowest BCUT2D eigenvalue weighted by atomic mass is 9.98. The second-order valence-electron chi connectivity index (χ2n) is 8.06. The quantitative estimate of drug-likeness (QED) is 0.650. The number of hydrogen-bond acceptors (Lipinski definition) is 6. The average Bonchev–Trinajstić information content (AvgIpc) is 2.78. The van der Waals surface area contributed by atoms with Gasteiger partial charge in [-0.05, 0) is 57.1 Å². The van der Waals surface area contributed by atoms with Crippen molar-refractivity contribution in [1.82, 2.24) is 14.9 Å². The fourth-order valence-electron chi connectivity index (χ4n) is 3.92. The summed E-state index contributed by atoms with van der Waals surface area (Å²) >= 11 is 0. The van der Waals surface area contributed by atoms with Crippen LogP contribution in [0.5, 0.6) is 11.5 Å². The van der Waals surface area contributed by atoms with E-state index in [-0.39, 0.29) is 5.91 Å². The van der Waals surface area contributed by atoms with Crippen molar-refractivity contribution < 1.29 is 14.3 Å². The molecule has 31 heavy (non-hydrogen) atoms. The van der Waals surface area contributed by atoms with Gasteiger partial charge in [-0.25, -0.2) is 9.97 Å². The maximum atomic E-state index is 11.3. The largest absolute Gasteiger partial charge is 0.493 e. The van der Waals surface area contributed by atoms with Gasteiger partial charge in [0.25, 0.3) is 0 Å². The fraction of sp³-hybridized carbons (Fsp3) is 0.375. The standard InChI is InChI=1S/C24H28N4O3/c1-16(29)27-19-6-4-18(5-7-19)24-20-12-22(30-3)23(13-21(20)25-15-26-24)31-14-17-8-10-28(2)11-9-17/h4-7,12-13,15,17H,8-11,14H2,1-3H3,(H,27,29). The Labute approximate surface area is 182 Å². The predicted molar refractivity (Wildman–Crippen MR) is 122 cm³/mol. The van der Waals surface area contributed by atoms with Gasteiger partial charge in [-0.3, -0.25) is 4.79 Å². The molecule has 0 saturated carbocycles. The first kappa shape index (κ1) is 21.1. The Kier molecular flexibility index (Phi) is 6.32. The molecule has 1 saturated heterocycles. The number of anilines is 1. The van der Waals surface area contributed by atoms with Gasteiger partial charge in [-0.15, -0.1) is 0 Å². The highest BCUT2D eigenvalue weighted by atomic mass is 16.5. The number of nitrogens with one attached hydrogen (secondary N) is 1. The van der Waals surface area contributed by atoms with E-state index in [1.165, 1.54) is 6.92 Å². The summed E-state index contributed by atoms with van der Waals surface area (Å²) in [7, 11) is 3.81. The monoisotopic (exact) mass is 420 g/mol. The number of carbonyl (C=O) groups excluding carboxylic acids is 1. The molecule has 0 spiro atoms. The molecule has 2 heterocycles. The van der Waals surface area contributed by atoms with Crippen LogP contribution in [-0.4, -0.2) is 54.6 Å². The average molecular weight is 421 g/mol. The van der Waals surface area contributed by atoms with Gasteiger partial charge in [0.05, 0.1) is 24.9 Å². The van der Waals surface area contributed by atoms with E-state index in [2.05, 4.69) is 27.2 Å². The lowest BCUT2D eigenvalue weighted by Gasteiger charge is -2.28. The van der Waals surface area contributed by atoms with Gasteiger partial charge in [0.2, 0.25) is 5.91 Å². The number of nitrogens with zero attached hydrogens (tertiary/aromatic N) is 3. The minimum absolute atomic E-state index is 0.0993. The molecule has 1 N–H and O–H groups in total. The molecule has 1 fully saturated rings. The fourth-order valence-corrected chi connectivity index (χ4v) is 3.92. The summed E-state index contributed by atoms with van der Waals surface area (Å²) in [5.74, 6) is 1.84. The Hall–Kier alpha value is -3.19. The van der Waals surface area contributed by atoms with Crippen LogP contribution >= 0.6 is 0 Å². The molecule has 4 rings (SSSR count). The summed E-state index contributed by atoms with van der Waals surface area (Å²) in [4.78, 5) is 22.6. The molecule has 0 bridgehead atoms. The van der Waals surface area contributed by atoms with Crippen LogP contribution in [0, 0.1) is 5.92 Å². The van der Waals surface area contributed by atoms with Crippen molar-refractivity contribution in [3.8, 4) is 22.8 Å². The van der Waals surface area contributed by atoms with Gasteiger partial charge in [-0.2, -0.15) is 0 Å². The summed E-state index contributed by atoms with van der Waals surface area (Å²) < 4.78 is 11.8. The molecule has 0 aliphatic carbocycles. The topological polar surface area (TPSA) is 76.6 Å². The number of benzene rings is 2. The molecule has 1 amide bonds. The summed E-state index contributed by atoms with van der Waals surface area (Å²) in [5, 5.41) is 3.67. The van der Waals surface area contributed by atoms with E-state index in [1.54, 1.807) is 13.4 Å². The Bertz CT molecular complexity index is 1060. The molecular formula is C24H28N4O3. The van der Waals surface area contributed by atoms with Crippen LogP contribution in [0.15, 0.2) is 42.7 Å². The van der Waals surface area contributed by atoms with E-state index in [0.29, 0.717) is 24.0 Å². The van der Waals surface area contributed by atoms with Gasteiger partial charge in [0.1, 0.15) is 6.33 Å². The van der Waals surface area contributed by atoms with Crippen LogP contribution in [-0.2, 0) is 4.79 Å². The zero-order valence-electron chi connectivity index (χ0n) is 18.2. The second kappa shape index (κ2) is 9.31. The van der Waals surface area contributed by atoms with Crippen molar-refractivity contribution in [1.29, 1.82) is 0 Å².